The number of carbonyl (C=O) groups excluding carboxylic acids is 4. The van der Waals surface area contributed by atoms with Crippen LogP contribution in [0.4, 0.5) is 4.79 Å². The number of likely N-dealkylation sites (N-methyl/N-ethyl adjacent to an activating group) is 1. The fourth-order valence-corrected chi connectivity index (χ4v) is 8.70. The molecule has 2 fully saturated rings. The fraction of sp³-hybridized carbons (Fsp3) is 0.733. The summed E-state index contributed by atoms with van der Waals surface area (Å²) >= 11 is 0. The van der Waals surface area contributed by atoms with Crippen LogP contribution in [0.3, 0.4) is 0 Å². The number of likely N-dealkylation sites (tertiary alicyclic amines) is 1. The second kappa shape index (κ2) is 23.2. The van der Waals surface area contributed by atoms with Crippen molar-refractivity contribution < 1.29 is 33.4 Å². The second-order valence-corrected chi connectivity index (χ2v) is 18.6. The molecule has 352 valence electrons. The van der Waals surface area contributed by atoms with Crippen molar-refractivity contribution in [2.24, 2.45) is 22.7 Å². The molecule has 8 atom stereocenters. The Morgan fingerprint density at radius 2 is 1.60 bits per heavy atom. The molecule has 0 unspecified atom stereocenters. The Bertz CT molecular complexity index is 1780. The van der Waals surface area contributed by atoms with Gasteiger partial charge in [0.05, 0.1) is 42.7 Å². The van der Waals surface area contributed by atoms with Crippen LogP contribution in [0.1, 0.15) is 98.5 Å². The van der Waals surface area contributed by atoms with Crippen molar-refractivity contribution in [3.63, 3.8) is 0 Å². The Labute approximate surface area is 374 Å². The molecule has 18 heteroatoms. The van der Waals surface area contributed by atoms with Gasteiger partial charge >= 0.3 is 6.09 Å². The minimum absolute atomic E-state index is 0.0180. The first kappa shape index (κ1) is 50.8. The normalized spacial score (nSPS) is 19.5. The van der Waals surface area contributed by atoms with E-state index in [2.05, 4.69) is 44.7 Å². The maximum atomic E-state index is 14.7. The highest BCUT2D eigenvalue weighted by Gasteiger charge is 2.43. The third-order valence-corrected chi connectivity index (χ3v) is 12.3. The van der Waals surface area contributed by atoms with E-state index in [1.807, 2.05) is 95.8 Å². The molecule has 0 radical (unpaired) electrons. The van der Waals surface area contributed by atoms with E-state index in [4.69, 9.17) is 19.2 Å². The number of rotatable bonds is 18. The topological polar surface area (TPSA) is 191 Å². The van der Waals surface area contributed by atoms with Crippen LogP contribution >= 0.6 is 0 Å². The summed E-state index contributed by atoms with van der Waals surface area (Å²) in [6, 6.07) is 7.73. The van der Waals surface area contributed by atoms with E-state index < -0.39 is 41.9 Å². The average Bonchev–Trinajstić information content (AvgIpc) is 3.97. The zero-order valence-electron chi connectivity index (χ0n) is 40.0. The van der Waals surface area contributed by atoms with E-state index in [9.17, 15) is 19.2 Å². The lowest BCUT2D eigenvalue weighted by atomic mass is 9.89. The van der Waals surface area contributed by atoms with Gasteiger partial charge in [-0.2, -0.15) is 5.21 Å². The van der Waals surface area contributed by atoms with Gasteiger partial charge in [0.2, 0.25) is 17.7 Å². The maximum Gasteiger partial charge on any atom is 0.410 e. The van der Waals surface area contributed by atoms with Crippen LogP contribution in [0, 0.1) is 17.8 Å². The fourth-order valence-electron chi connectivity index (χ4n) is 8.70. The predicted molar refractivity (Wildman–Crippen MR) is 240 cm³/mol. The number of ether oxygens (including phenoxy) is 3. The summed E-state index contributed by atoms with van der Waals surface area (Å²) < 4.78 is 17.8. The van der Waals surface area contributed by atoms with E-state index in [1.54, 1.807) is 31.1 Å². The summed E-state index contributed by atoms with van der Waals surface area (Å²) in [6.07, 6.45) is 1.12. The van der Waals surface area contributed by atoms with Crippen molar-refractivity contribution >= 4 is 29.8 Å². The van der Waals surface area contributed by atoms with Crippen molar-refractivity contribution in [3.05, 3.63) is 41.7 Å². The SMILES string of the molecule is CC[C@H](C)[C@@H]([C@@H](CC(=O)N1CCC[C@H]1[C@H](OC)[C@@H](C)C(=O)N[C@@H](Cc1ccccc1)c1nn[nH]n1)OC)N(C)C(=O)[C@@H](N=C(N(C)C)N1CCN(C(=O)OC(C)(C)C)CC1)C(C)C. The average molecular weight is 882 g/mol. The van der Waals surface area contributed by atoms with Gasteiger partial charge in [0.15, 0.2) is 11.8 Å². The maximum absolute atomic E-state index is 14.7. The quantitative estimate of drug-likeness (QED) is 0.162. The van der Waals surface area contributed by atoms with Crippen LogP contribution < -0.4 is 5.32 Å². The molecule has 0 spiro atoms. The molecule has 4 rings (SSSR count). The molecule has 2 saturated heterocycles. The third kappa shape index (κ3) is 13.6. The van der Waals surface area contributed by atoms with E-state index in [-0.39, 0.29) is 48.1 Å². The summed E-state index contributed by atoms with van der Waals surface area (Å²) in [7, 11) is 8.77. The first-order valence-corrected chi connectivity index (χ1v) is 22.5. The van der Waals surface area contributed by atoms with Gasteiger partial charge in [-0.3, -0.25) is 14.4 Å². The highest BCUT2D eigenvalue weighted by Crippen LogP contribution is 2.30. The molecule has 0 aliphatic carbocycles. The Hall–Kier alpha value is -4.84. The van der Waals surface area contributed by atoms with Crippen LogP contribution in [0.5, 0.6) is 0 Å². The monoisotopic (exact) mass is 882 g/mol. The molecule has 1 aromatic heterocycles. The molecule has 18 nitrogen and oxygen atoms in total. The highest BCUT2D eigenvalue weighted by molar-refractivity contribution is 5.88. The first-order valence-electron chi connectivity index (χ1n) is 22.5. The number of nitrogens with one attached hydrogen (secondary N) is 2. The predicted octanol–water partition coefficient (Wildman–Crippen LogP) is 4.01. The number of aromatic amines is 1. The first-order chi connectivity index (χ1) is 29.8. The number of piperazine rings is 1. The van der Waals surface area contributed by atoms with Crippen molar-refractivity contribution in [1.82, 2.24) is 50.4 Å². The molecule has 2 N–H and O–H groups in total. The Kier molecular flexibility index (Phi) is 18.7. The molecule has 4 amide bonds. The number of nitrogens with zero attached hydrogens (tertiary/aromatic N) is 9. The van der Waals surface area contributed by atoms with Gasteiger partial charge in [-0.1, -0.05) is 76.6 Å². The van der Waals surface area contributed by atoms with Gasteiger partial charge < -0.3 is 44.0 Å². The number of aliphatic imine (C=N–C) groups is 1. The van der Waals surface area contributed by atoms with E-state index in [0.29, 0.717) is 57.3 Å². The molecule has 63 heavy (non-hydrogen) atoms. The Morgan fingerprint density at radius 1 is 0.952 bits per heavy atom. The highest BCUT2D eigenvalue weighted by atomic mass is 16.6. The second-order valence-electron chi connectivity index (χ2n) is 18.6. The van der Waals surface area contributed by atoms with Gasteiger partial charge in [-0.15, -0.1) is 10.2 Å². The molecular weight excluding hydrogens is 807 g/mol. The minimum atomic E-state index is -0.721. The summed E-state index contributed by atoms with van der Waals surface area (Å²) in [5.74, 6) is -0.290. The van der Waals surface area contributed by atoms with Crippen LogP contribution in [0.25, 0.3) is 0 Å². The number of carbonyl (C=O) groups is 4. The standard InChI is InChI=1S/C45H75N11O7/c1-14-30(4)38(53(11)42(59)37(29(2)3)47-43(52(9)10)54-23-25-55(26-24-54)44(60)63-45(6,7)8)35(61-12)28-36(57)56-22-18-21-34(56)39(62-13)31(5)41(58)46-33(40-48-50-51-49-40)27-32-19-16-15-17-20-32/h15-17,19-20,29-31,33-35,37-39H,14,18,21-28H2,1-13H3,(H,46,58)(H,48,49,50,51)/t30-,31+,33-,34-,35+,37-,38-,39+/m0/s1. The number of guanidine groups is 1. The van der Waals surface area contributed by atoms with Gasteiger partial charge in [-0.25, -0.2) is 9.79 Å². The van der Waals surface area contributed by atoms with E-state index in [0.717, 1.165) is 18.4 Å². The van der Waals surface area contributed by atoms with Crippen molar-refractivity contribution in [1.29, 1.82) is 0 Å². The Balaban J connectivity index is 1.49. The van der Waals surface area contributed by atoms with Crippen LogP contribution in [0.15, 0.2) is 35.3 Å². The van der Waals surface area contributed by atoms with Gasteiger partial charge in [0.1, 0.15) is 11.6 Å². The van der Waals surface area contributed by atoms with E-state index in [1.165, 1.54) is 0 Å². The summed E-state index contributed by atoms with van der Waals surface area (Å²) in [6.45, 7) is 18.0. The Morgan fingerprint density at radius 3 is 2.14 bits per heavy atom. The molecule has 0 bridgehead atoms. The number of hydrogen-bond donors (Lipinski definition) is 2. The van der Waals surface area contributed by atoms with Crippen LogP contribution in [-0.4, -0.2) is 179 Å². The van der Waals surface area contributed by atoms with E-state index >= 15 is 0 Å². The number of hydrogen-bond acceptors (Lipinski definition) is 11. The number of methoxy groups -OCH3 is 2. The molecular formula is C45H75N11O7. The molecule has 2 aromatic rings. The smallest absolute Gasteiger partial charge is 0.410 e. The lowest BCUT2D eigenvalue weighted by Crippen LogP contribution is -2.56. The van der Waals surface area contributed by atoms with Crippen molar-refractivity contribution in [2.45, 2.75) is 129 Å². The zero-order valence-corrected chi connectivity index (χ0v) is 40.0. The van der Waals surface area contributed by atoms with Gasteiger partial charge in [0, 0.05) is 74.5 Å². The molecule has 1 aromatic carbocycles. The number of H-pyrrole nitrogens is 1. The van der Waals surface area contributed by atoms with Crippen LogP contribution in [-0.2, 0) is 35.0 Å². The summed E-state index contributed by atoms with van der Waals surface area (Å²) in [5, 5.41) is 17.6. The van der Waals surface area contributed by atoms with Crippen molar-refractivity contribution in [3.8, 4) is 0 Å². The lowest BCUT2D eigenvalue weighted by molar-refractivity contribution is -0.146. The summed E-state index contributed by atoms with van der Waals surface area (Å²) in [5.41, 5.74) is 0.419. The molecule has 3 heterocycles. The number of amides is 4. The van der Waals surface area contributed by atoms with Gasteiger partial charge in [-0.05, 0) is 51.0 Å². The van der Waals surface area contributed by atoms with Crippen molar-refractivity contribution in [2.75, 3.05) is 68.1 Å². The third-order valence-electron chi connectivity index (χ3n) is 12.3. The molecule has 2 aliphatic rings. The zero-order chi connectivity index (χ0) is 46.6. The van der Waals surface area contributed by atoms with Crippen LogP contribution in [0.2, 0.25) is 0 Å². The molecule has 2 aliphatic heterocycles. The molecule has 0 saturated carbocycles. The van der Waals surface area contributed by atoms with Gasteiger partial charge in [0.25, 0.3) is 0 Å². The largest absolute Gasteiger partial charge is 0.444 e. The minimum Gasteiger partial charge on any atom is -0.444 e. The summed E-state index contributed by atoms with van der Waals surface area (Å²) in [4.78, 5) is 70.3. The number of tetrazole rings is 1. The number of benzene rings is 1. The number of aromatic nitrogens is 4. The lowest BCUT2D eigenvalue weighted by Gasteiger charge is -2.41.